The smallest absolute Gasteiger partial charge is 0.157 e. The zero-order valence-electron chi connectivity index (χ0n) is 33.7. The van der Waals surface area contributed by atoms with Gasteiger partial charge in [-0.25, -0.2) is 9.98 Å². The second-order valence-electron chi connectivity index (χ2n) is 15.3. The average Bonchev–Trinajstić information content (AvgIpc) is 3.89. The standard InChI is InChI=1S/C56H39N5O/c57-54(39-22-9-3-10-23-39)60-55(40-24-11-4-12-25-40)58-36-42-34-41(51-43(37-18-5-1-6-19-37)28-17-29-44(51)38-20-7-2-8-21-38)35-59-56(42)61-47-30-15-13-26-45(47)52-48(61)32-33-50-53(52)46-27-14-16-31-49(46)62-50/h1-35H,36H2,(H2,57,58,60). The van der Waals surface area contributed by atoms with Crippen LogP contribution in [0.1, 0.15) is 16.7 Å². The summed E-state index contributed by atoms with van der Waals surface area (Å²) < 4.78 is 8.70. The normalized spacial score (nSPS) is 12.2. The van der Waals surface area contributed by atoms with Crippen LogP contribution in [0, 0.1) is 0 Å². The van der Waals surface area contributed by atoms with Gasteiger partial charge in [0.15, 0.2) is 5.84 Å². The molecule has 8 aromatic carbocycles. The van der Waals surface area contributed by atoms with Gasteiger partial charge in [-0.3, -0.25) is 9.56 Å². The van der Waals surface area contributed by atoms with Crippen LogP contribution in [0.25, 0.3) is 82.9 Å². The molecule has 0 saturated carbocycles. The number of para-hydroxylation sites is 2. The van der Waals surface area contributed by atoms with Crippen LogP contribution in [-0.2, 0) is 6.54 Å². The number of rotatable bonds is 8. The molecule has 0 spiro atoms. The van der Waals surface area contributed by atoms with Crippen molar-refractivity contribution in [2.45, 2.75) is 6.54 Å². The molecular weight excluding hydrogens is 759 g/mol. The van der Waals surface area contributed by atoms with Gasteiger partial charge in [0.25, 0.3) is 0 Å². The summed E-state index contributed by atoms with van der Waals surface area (Å²) in [6, 6.07) is 70.8. The summed E-state index contributed by atoms with van der Waals surface area (Å²) in [4.78, 5) is 15.8. The Labute approximate surface area is 358 Å². The Morgan fingerprint density at radius 1 is 0.516 bits per heavy atom. The van der Waals surface area contributed by atoms with Gasteiger partial charge in [0.2, 0.25) is 0 Å². The molecule has 0 saturated heterocycles. The van der Waals surface area contributed by atoms with Gasteiger partial charge in [0, 0.05) is 50.0 Å². The average molecular weight is 798 g/mol. The van der Waals surface area contributed by atoms with Crippen molar-refractivity contribution in [2.75, 3.05) is 0 Å². The van der Waals surface area contributed by atoms with Crippen molar-refractivity contribution in [3.63, 3.8) is 0 Å². The van der Waals surface area contributed by atoms with E-state index in [1.54, 1.807) is 0 Å². The predicted octanol–water partition coefficient (Wildman–Crippen LogP) is 13.4. The van der Waals surface area contributed by atoms with Gasteiger partial charge >= 0.3 is 0 Å². The first kappa shape index (κ1) is 36.7. The number of nitrogens with zero attached hydrogens (tertiary/aromatic N) is 4. The van der Waals surface area contributed by atoms with Gasteiger partial charge in [-0.15, -0.1) is 0 Å². The number of fused-ring (bicyclic) bond motifs is 7. The quantitative estimate of drug-likeness (QED) is 0.123. The number of pyridine rings is 1. The van der Waals surface area contributed by atoms with Gasteiger partial charge in [-0.2, -0.15) is 0 Å². The number of furan rings is 1. The highest BCUT2D eigenvalue weighted by molar-refractivity contribution is 6.27. The summed E-state index contributed by atoms with van der Waals surface area (Å²) in [6.07, 6.45) is 2.02. The zero-order valence-corrected chi connectivity index (χ0v) is 33.7. The van der Waals surface area contributed by atoms with Gasteiger partial charge in [0.05, 0.1) is 17.6 Å². The van der Waals surface area contributed by atoms with Crippen molar-refractivity contribution in [1.82, 2.24) is 9.55 Å². The van der Waals surface area contributed by atoms with Crippen molar-refractivity contribution in [3.8, 4) is 39.2 Å². The highest BCUT2D eigenvalue weighted by atomic mass is 16.3. The Kier molecular flexibility index (Phi) is 9.28. The van der Waals surface area contributed by atoms with Crippen LogP contribution in [0.5, 0.6) is 0 Å². The molecule has 0 amide bonds. The molecule has 0 bridgehead atoms. The Bertz CT molecular complexity index is 3420. The van der Waals surface area contributed by atoms with E-state index in [1.807, 2.05) is 79.0 Å². The first-order chi connectivity index (χ1) is 30.7. The van der Waals surface area contributed by atoms with Crippen LogP contribution in [-0.4, -0.2) is 21.2 Å². The Morgan fingerprint density at radius 3 is 1.81 bits per heavy atom. The second kappa shape index (κ2) is 15.7. The summed E-state index contributed by atoms with van der Waals surface area (Å²) in [6.45, 7) is 0.269. The number of amidine groups is 2. The van der Waals surface area contributed by atoms with Gasteiger partial charge < -0.3 is 10.2 Å². The molecule has 0 radical (unpaired) electrons. The molecule has 0 unspecified atom stereocenters. The fourth-order valence-corrected chi connectivity index (χ4v) is 8.77. The Balaban J connectivity index is 1.19. The molecule has 6 nitrogen and oxygen atoms in total. The van der Waals surface area contributed by atoms with Crippen LogP contribution in [0.3, 0.4) is 0 Å². The first-order valence-corrected chi connectivity index (χ1v) is 20.8. The van der Waals surface area contributed by atoms with E-state index in [1.165, 1.54) is 0 Å². The van der Waals surface area contributed by atoms with E-state index in [-0.39, 0.29) is 6.54 Å². The molecule has 0 aliphatic heterocycles. The minimum atomic E-state index is 0.269. The van der Waals surface area contributed by atoms with E-state index in [9.17, 15) is 0 Å². The number of benzene rings is 8. The number of aliphatic imine (C=N–C) groups is 2. The minimum absolute atomic E-state index is 0.269. The lowest BCUT2D eigenvalue weighted by Crippen LogP contribution is -2.16. The van der Waals surface area contributed by atoms with E-state index in [2.05, 4.69) is 138 Å². The van der Waals surface area contributed by atoms with Crippen LogP contribution in [0.15, 0.2) is 227 Å². The topological polar surface area (TPSA) is 81.7 Å². The third-order valence-electron chi connectivity index (χ3n) is 11.6. The van der Waals surface area contributed by atoms with Crippen molar-refractivity contribution >= 4 is 55.4 Å². The zero-order chi connectivity index (χ0) is 41.4. The minimum Gasteiger partial charge on any atom is -0.456 e. The maximum Gasteiger partial charge on any atom is 0.157 e. The molecule has 294 valence electrons. The van der Waals surface area contributed by atoms with Crippen LogP contribution in [0.2, 0.25) is 0 Å². The highest BCUT2D eigenvalue weighted by Gasteiger charge is 2.22. The first-order valence-electron chi connectivity index (χ1n) is 20.8. The summed E-state index contributed by atoms with van der Waals surface area (Å²) in [5.74, 6) is 1.71. The SMILES string of the molecule is N/C(=N\C(=N/Cc1cc(-c2c(-c3ccccc3)cccc2-c2ccccc2)cnc1-n1c2ccccc2c2c3c(ccc21)oc1ccccc13)c1ccccc1)c1ccccc1. The summed E-state index contributed by atoms with van der Waals surface area (Å²) >= 11 is 0. The summed E-state index contributed by atoms with van der Waals surface area (Å²) in [7, 11) is 0. The van der Waals surface area contributed by atoms with Crippen molar-refractivity contribution in [2.24, 2.45) is 15.7 Å². The van der Waals surface area contributed by atoms with E-state index in [0.29, 0.717) is 11.7 Å². The predicted molar refractivity (Wildman–Crippen MR) is 256 cm³/mol. The molecule has 0 fully saturated rings. The highest BCUT2D eigenvalue weighted by Crippen LogP contribution is 2.43. The molecule has 3 aromatic heterocycles. The number of hydrogen-bond acceptors (Lipinski definition) is 3. The Morgan fingerprint density at radius 2 is 1.11 bits per heavy atom. The molecule has 11 rings (SSSR count). The number of nitrogens with two attached hydrogens (primary N) is 1. The Hall–Kier alpha value is -8.35. The van der Waals surface area contributed by atoms with E-state index in [0.717, 1.165) is 99.6 Å². The molecule has 0 atom stereocenters. The molecular formula is C56H39N5O. The molecule has 2 N–H and O–H groups in total. The van der Waals surface area contributed by atoms with E-state index >= 15 is 0 Å². The lowest BCUT2D eigenvalue weighted by molar-refractivity contribution is 0.669. The molecule has 62 heavy (non-hydrogen) atoms. The van der Waals surface area contributed by atoms with E-state index < -0.39 is 0 Å². The molecule has 6 heteroatoms. The van der Waals surface area contributed by atoms with Gasteiger partial charge in [0.1, 0.15) is 22.8 Å². The van der Waals surface area contributed by atoms with Gasteiger partial charge in [-0.1, -0.05) is 176 Å². The monoisotopic (exact) mass is 797 g/mol. The molecule has 11 aromatic rings. The summed E-state index contributed by atoms with van der Waals surface area (Å²) in [5, 5.41) is 4.41. The van der Waals surface area contributed by atoms with Crippen molar-refractivity contribution in [3.05, 3.63) is 229 Å². The number of hydrogen-bond donors (Lipinski definition) is 1. The third kappa shape index (κ3) is 6.51. The molecule has 0 aliphatic rings. The van der Waals surface area contributed by atoms with Crippen LogP contribution >= 0.6 is 0 Å². The summed E-state index contributed by atoms with van der Waals surface area (Å²) in [5.41, 5.74) is 19.7. The molecule has 3 heterocycles. The fraction of sp³-hybridized carbons (Fsp3) is 0.0179. The van der Waals surface area contributed by atoms with E-state index in [4.69, 9.17) is 25.1 Å². The lowest BCUT2D eigenvalue weighted by atomic mass is 9.88. The largest absolute Gasteiger partial charge is 0.456 e. The van der Waals surface area contributed by atoms with Gasteiger partial charge in [-0.05, 0) is 58.1 Å². The third-order valence-corrected chi connectivity index (χ3v) is 11.6. The molecule has 0 aliphatic carbocycles. The second-order valence-corrected chi connectivity index (χ2v) is 15.3. The maximum atomic E-state index is 6.70. The van der Waals surface area contributed by atoms with Crippen molar-refractivity contribution in [1.29, 1.82) is 0 Å². The number of aromatic nitrogens is 2. The lowest BCUT2D eigenvalue weighted by Gasteiger charge is -2.18. The van der Waals surface area contributed by atoms with Crippen LogP contribution in [0.4, 0.5) is 0 Å². The van der Waals surface area contributed by atoms with Crippen molar-refractivity contribution < 1.29 is 4.42 Å². The maximum absolute atomic E-state index is 6.70. The van der Waals surface area contributed by atoms with Crippen LogP contribution < -0.4 is 5.73 Å². The fourth-order valence-electron chi connectivity index (χ4n) is 8.77.